The number of nitrogens with zero attached hydrogens (tertiary/aromatic N) is 2. The van der Waals surface area contributed by atoms with Crippen molar-refractivity contribution in [1.29, 1.82) is 0 Å². The molecular weight excluding hydrogens is 470 g/mol. The molecule has 3 heterocycles. The zero-order valence-corrected chi connectivity index (χ0v) is 20.5. The van der Waals surface area contributed by atoms with Gasteiger partial charge in [0.05, 0.1) is 36.7 Å². The first-order valence-electron chi connectivity index (χ1n) is 11.3. The molecule has 9 heteroatoms. The number of carbonyl (C=O) groups excluding carboxylic acids is 1. The van der Waals surface area contributed by atoms with Crippen molar-refractivity contribution in [2.45, 2.75) is 43.8 Å². The van der Waals surface area contributed by atoms with Gasteiger partial charge in [0.15, 0.2) is 5.16 Å². The lowest BCUT2D eigenvalue weighted by molar-refractivity contribution is -0.118. The number of aromatic nitrogens is 2. The summed E-state index contributed by atoms with van der Waals surface area (Å²) < 4.78 is 12.3. The second-order valence-corrected chi connectivity index (χ2v) is 10.2. The minimum Gasteiger partial charge on any atom is -0.497 e. The maximum absolute atomic E-state index is 13.9. The first kappa shape index (κ1) is 22.7. The minimum absolute atomic E-state index is 0.0869. The van der Waals surface area contributed by atoms with E-state index in [9.17, 15) is 9.59 Å². The van der Waals surface area contributed by atoms with Gasteiger partial charge in [-0.05, 0) is 55.5 Å². The molecule has 3 aromatic heterocycles. The lowest BCUT2D eigenvalue weighted by Gasteiger charge is -2.13. The van der Waals surface area contributed by atoms with Gasteiger partial charge in [0.2, 0.25) is 5.91 Å². The highest BCUT2D eigenvalue weighted by Crippen LogP contribution is 2.35. The van der Waals surface area contributed by atoms with E-state index in [4.69, 9.17) is 14.1 Å². The van der Waals surface area contributed by atoms with Crippen molar-refractivity contribution in [2.24, 2.45) is 0 Å². The normalized spacial score (nSPS) is 13.4. The topological polar surface area (TPSA) is 86.4 Å². The zero-order chi connectivity index (χ0) is 23.5. The number of rotatable bonds is 7. The van der Waals surface area contributed by atoms with Crippen molar-refractivity contribution in [3.63, 3.8) is 0 Å². The number of thioether (sulfide) groups is 1. The predicted octanol–water partition coefficient (Wildman–Crippen LogP) is 4.73. The molecule has 0 spiro atoms. The molecule has 7 nitrogen and oxygen atoms in total. The lowest BCUT2D eigenvalue weighted by Crippen LogP contribution is -2.26. The Hall–Kier alpha value is -3.04. The molecule has 0 atom stereocenters. The number of ether oxygens (including phenoxy) is 1. The van der Waals surface area contributed by atoms with Gasteiger partial charge < -0.3 is 14.5 Å². The molecule has 1 aromatic carbocycles. The van der Waals surface area contributed by atoms with Crippen LogP contribution in [0.2, 0.25) is 0 Å². The standard InChI is InChI=1S/C25H25N3O4S2/c1-31-17-8-5-7-16(13-17)28-24(30)22-19-10-3-2-4-11-20(19)34-23(22)27-25(28)33-15-21(29)26-14-18-9-6-12-32-18/h5-9,12-13H,2-4,10-11,14-15H2,1H3,(H,26,29). The molecule has 1 N–H and O–H groups in total. The number of aryl methyl sites for hydroxylation is 2. The molecule has 4 aromatic rings. The van der Waals surface area contributed by atoms with Crippen molar-refractivity contribution in [3.05, 3.63) is 69.2 Å². The van der Waals surface area contributed by atoms with E-state index in [-0.39, 0.29) is 17.2 Å². The summed E-state index contributed by atoms with van der Waals surface area (Å²) in [6, 6.07) is 11.0. The number of nitrogens with one attached hydrogen (secondary N) is 1. The second-order valence-electron chi connectivity index (χ2n) is 8.13. The van der Waals surface area contributed by atoms with Gasteiger partial charge in [-0.25, -0.2) is 4.98 Å². The third-order valence-electron chi connectivity index (χ3n) is 5.89. The predicted molar refractivity (Wildman–Crippen MR) is 134 cm³/mol. The molecule has 0 saturated heterocycles. The number of amides is 1. The fraction of sp³-hybridized carbons (Fsp3) is 0.320. The van der Waals surface area contributed by atoms with Crippen LogP contribution in [0.25, 0.3) is 15.9 Å². The van der Waals surface area contributed by atoms with Crippen LogP contribution in [0.4, 0.5) is 0 Å². The van der Waals surface area contributed by atoms with Crippen LogP contribution in [0.5, 0.6) is 5.75 Å². The largest absolute Gasteiger partial charge is 0.497 e. The Morgan fingerprint density at radius 3 is 2.94 bits per heavy atom. The van der Waals surface area contributed by atoms with Crippen LogP contribution >= 0.6 is 23.1 Å². The van der Waals surface area contributed by atoms with Crippen molar-refractivity contribution in [3.8, 4) is 11.4 Å². The van der Waals surface area contributed by atoms with Gasteiger partial charge in [-0.15, -0.1) is 11.3 Å². The van der Waals surface area contributed by atoms with E-state index in [0.29, 0.717) is 28.9 Å². The molecule has 34 heavy (non-hydrogen) atoms. The summed E-state index contributed by atoms with van der Waals surface area (Å²) in [4.78, 5) is 33.3. The van der Waals surface area contributed by atoms with Crippen molar-refractivity contribution in [1.82, 2.24) is 14.9 Å². The van der Waals surface area contributed by atoms with Gasteiger partial charge in [-0.3, -0.25) is 14.2 Å². The fourth-order valence-corrected chi connectivity index (χ4v) is 6.36. The Labute approximate surface area is 205 Å². The van der Waals surface area contributed by atoms with E-state index >= 15 is 0 Å². The van der Waals surface area contributed by atoms with Crippen LogP contribution < -0.4 is 15.6 Å². The van der Waals surface area contributed by atoms with Crippen LogP contribution in [-0.4, -0.2) is 28.3 Å². The van der Waals surface area contributed by atoms with Crippen LogP contribution in [0.3, 0.4) is 0 Å². The quantitative estimate of drug-likeness (QED) is 0.227. The molecule has 1 amide bonds. The summed E-state index contributed by atoms with van der Waals surface area (Å²) in [5.41, 5.74) is 1.74. The van der Waals surface area contributed by atoms with Crippen molar-refractivity contribution < 1.29 is 13.9 Å². The van der Waals surface area contributed by atoms with Gasteiger partial charge >= 0.3 is 0 Å². The Bertz CT molecular complexity index is 1380. The number of carbonyl (C=O) groups is 1. The first-order valence-corrected chi connectivity index (χ1v) is 13.1. The van der Waals surface area contributed by atoms with Crippen molar-refractivity contribution in [2.75, 3.05) is 12.9 Å². The summed E-state index contributed by atoms with van der Waals surface area (Å²) in [5.74, 6) is 1.32. The molecule has 1 aliphatic rings. The first-order chi connectivity index (χ1) is 16.6. The molecule has 0 aliphatic heterocycles. The summed E-state index contributed by atoms with van der Waals surface area (Å²) in [6.45, 7) is 0.319. The highest BCUT2D eigenvalue weighted by atomic mass is 32.2. The molecule has 1 aliphatic carbocycles. The number of hydrogen-bond acceptors (Lipinski definition) is 7. The minimum atomic E-state index is -0.158. The Balaban J connectivity index is 1.52. The number of methoxy groups -OCH3 is 1. The SMILES string of the molecule is COc1cccc(-n2c(SCC(=O)NCc3ccco3)nc3sc4c(c3c2=O)CCCCC4)c1. The van der Waals surface area contributed by atoms with Gasteiger partial charge in [0.1, 0.15) is 16.3 Å². The van der Waals surface area contributed by atoms with Crippen LogP contribution in [-0.2, 0) is 24.2 Å². The highest BCUT2D eigenvalue weighted by molar-refractivity contribution is 7.99. The van der Waals surface area contributed by atoms with Gasteiger partial charge in [0.25, 0.3) is 5.56 Å². The number of furan rings is 1. The van der Waals surface area contributed by atoms with E-state index in [0.717, 1.165) is 41.5 Å². The molecule has 176 valence electrons. The Morgan fingerprint density at radius 2 is 2.12 bits per heavy atom. The van der Waals surface area contributed by atoms with Gasteiger partial charge in [-0.1, -0.05) is 24.2 Å². The number of fused-ring (bicyclic) bond motifs is 3. The molecule has 0 radical (unpaired) electrons. The smallest absolute Gasteiger partial charge is 0.267 e. The van der Waals surface area contributed by atoms with E-state index in [1.165, 1.54) is 23.1 Å². The number of thiophene rings is 1. The fourth-order valence-electron chi connectivity index (χ4n) is 4.22. The maximum atomic E-state index is 13.9. The van der Waals surface area contributed by atoms with E-state index < -0.39 is 0 Å². The molecular formula is C25H25N3O4S2. The monoisotopic (exact) mass is 495 g/mol. The van der Waals surface area contributed by atoms with Crippen molar-refractivity contribution >= 4 is 39.2 Å². The molecule has 0 saturated carbocycles. The Morgan fingerprint density at radius 1 is 1.24 bits per heavy atom. The summed E-state index contributed by atoms with van der Waals surface area (Å²) in [7, 11) is 1.60. The lowest BCUT2D eigenvalue weighted by atomic mass is 10.1. The second kappa shape index (κ2) is 10.1. The van der Waals surface area contributed by atoms with Gasteiger partial charge in [-0.2, -0.15) is 0 Å². The molecule has 0 unspecified atom stereocenters. The number of hydrogen-bond donors (Lipinski definition) is 1. The maximum Gasteiger partial charge on any atom is 0.267 e. The van der Waals surface area contributed by atoms with Crippen LogP contribution in [0.15, 0.2) is 57.0 Å². The van der Waals surface area contributed by atoms with E-state index in [1.807, 2.05) is 30.3 Å². The van der Waals surface area contributed by atoms with Gasteiger partial charge in [0, 0.05) is 10.9 Å². The highest BCUT2D eigenvalue weighted by Gasteiger charge is 2.23. The molecule has 5 rings (SSSR count). The Kier molecular flexibility index (Phi) is 6.73. The third-order valence-corrected chi connectivity index (χ3v) is 8.02. The molecule has 0 bridgehead atoms. The summed E-state index contributed by atoms with van der Waals surface area (Å²) in [6.07, 6.45) is 6.88. The van der Waals surface area contributed by atoms with Crippen LogP contribution in [0.1, 0.15) is 35.5 Å². The average Bonchev–Trinajstić information content (AvgIpc) is 3.43. The summed E-state index contributed by atoms with van der Waals surface area (Å²) in [5, 5.41) is 4.06. The van der Waals surface area contributed by atoms with E-state index in [2.05, 4.69) is 5.32 Å². The average molecular weight is 496 g/mol. The summed E-state index contributed by atoms with van der Waals surface area (Å²) >= 11 is 2.88. The molecule has 0 fully saturated rings. The number of benzene rings is 1. The van der Waals surface area contributed by atoms with E-state index in [1.54, 1.807) is 35.3 Å². The third kappa shape index (κ3) is 4.63. The zero-order valence-electron chi connectivity index (χ0n) is 18.8. The van der Waals surface area contributed by atoms with Crippen LogP contribution in [0, 0.1) is 0 Å².